The molecule has 3 unspecified atom stereocenters. The quantitative estimate of drug-likeness (QED) is 0.669. The highest BCUT2D eigenvalue weighted by molar-refractivity contribution is 7.85. The Kier molecular flexibility index (Phi) is 7.66. The molecule has 0 aromatic heterocycles. The van der Waals surface area contributed by atoms with E-state index in [-0.39, 0.29) is 29.3 Å². The summed E-state index contributed by atoms with van der Waals surface area (Å²) in [5, 5.41) is 14.9. The van der Waals surface area contributed by atoms with Crippen LogP contribution in [0.5, 0.6) is 0 Å². The molecule has 0 aromatic carbocycles. The number of urea groups is 1. The Morgan fingerprint density at radius 3 is 2.62 bits per heavy atom. The van der Waals surface area contributed by atoms with Crippen LogP contribution in [0.3, 0.4) is 0 Å². The second-order valence-electron chi connectivity index (χ2n) is 6.56. The number of aliphatic hydroxyl groups excluding tert-OH is 1. The van der Waals surface area contributed by atoms with Crippen molar-refractivity contribution in [1.82, 2.24) is 10.6 Å². The van der Waals surface area contributed by atoms with Crippen LogP contribution in [0.4, 0.5) is 4.79 Å². The molecule has 21 heavy (non-hydrogen) atoms. The van der Waals surface area contributed by atoms with Crippen molar-refractivity contribution in [2.24, 2.45) is 5.41 Å². The smallest absolute Gasteiger partial charge is 0.315 e. The topological polar surface area (TPSA) is 78.4 Å². The van der Waals surface area contributed by atoms with E-state index in [2.05, 4.69) is 10.6 Å². The molecule has 0 aromatic rings. The standard InChI is InChI=1S/C15H30N2O3S/c1-4-21(20)13-8-6-5-7-12(13)17-14(19)16-11-15(2,3)9-10-18/h12-13,18H,4-11H2,1-3H3,(H2,16,17,19). The normalized spacial score (nSPS) is 24.4. The molecule has 0 radical (unpaired) electrons. The Hall–Kier alpha value is -0.620. The molecule has 0 aliphatic heterocycles. The minimum atomic E-state index is -0.860. The monoisotopic (exact) mass is 318 g/mol. The lowest BCUT2D eigenvalue weighted by atomic mass is 9.90. The summed E-state index contributed by atoms with van der Waals surface area (Å²) >= 11 is 0. The number of carbonyl (C=O) groups is 1. The summed E-state index contributed by atoms with van der Waals surface area (Å²) in [7, 11) is -0.860. The van der Waals surface area contributed by atoms with E-state index in [1.165, 1.54) is 0 Å². The van der Waals surface area contributed by atoms with Crippen LogP contribution in [0.1, 0.15) is 52.9 Å². The van der Waals surface area contributed by atoms with Gasteiger partial charge in [-0.1, -0.05) is 33.6 Å². The molecule has 3 atom stereocenters. The fourth-order valence-electron chi connectivity index (χ4n) is 2.72. The summed E-state index contributed by atoms with van der Waals surface area (Å²) in [5.41, 5.74) is -0.121. The van der Waals surface area contributed by atoms with E-state index < -0.39 is 10.8 Å². The van der Waals surface area contributed by atoms with Crippen LogP contribution in [0.2, 0.25) is 0 Å². The molecule has 0 heterocycles. The number of aliphatic hydroxyl groups is 1. The average molecular weight is 318 g/mol. The van der Waals surface area contributed by atoms with Gasteiger partial charge in [-0.3, -0.25) is 4.21 Å². The lowest BCUT2D eigenvalue weighted by molar-refractivity contribution is 0.199. The summed E-state index contributed by atoms with van der Waals surface area (Å²) in [6.45, 7) is 6.60. The summed E-state index contributed by atoms with van der Waals surface area (Å²) in [6, 6.07) is -0.175. The molecule has 0 spiro atoms. The Morgan fingerprint density at radius 2 is 2.00 bits per heavy atom. The van der Waals surface area contributed by atoms with Gasteiger partial charge in [-0.05, 0) is 24.7 Å². The summed E-state index contributed by atoms with van der Waals surface area (Å²) in [5.74, 6) is 0.647. The summed E-state index contributed by atoms with van der Waals surface area (Å²) in [4.78, 5) is 12.0. The fraction of sp³-hybridized carbons (Fsp3) is 0.933. The van der Waals surface area contributed by atoms with E-state index in [4.69, 9.17) is 5.11 Å². The second-order valence-corrected chi connectivity index (χ2v) is 8.51. The van der Waals surface area contributed by atoms with Crippen LogP contribution in [0.15, 0.2) is 0 Å². The number of nitrogens with one attached hydrogen (secondary N) is 2. The molecule has 1 fully saturated rings. The SMILES string of the molecule is CCS(=O)C1CCCCC1NC(=O)NCC(C)(C)CCO. The van der Waals surface area contributed by atoms with Crippen molar-refractivity contribution < 1.29 is 14.1 Å². The van der Waals surface area contributed by atoms with Crippen LogP contribution >= 0.6 is 0 Å². The minimum absolute atomic E-state index is 0.0143. The van der Waals surface area contributed by atoms with Crippen molar-refractivity contribution >= 4 is 16.8 Å². The van der Waals surface area contributed by atoms with Gasteiger partial charge in [0, 0.05) is 35.7 Å². The Morgan fingerprint density at radius 1 is 1.33 bits per heavy atom. The second kappa shape index (κ2) is 8.73. The number of amides is 2. The first-order valence-electron chi connectivity index (χ1n) is 7.92. The van der Waals surface area contributed by atoms with Gasteiger partial charge in [0.05, 0.1) is 5.25 Å². The number of carbonyl (C=O) groups excluding carboxylic acids is 1. The van der Waals surface area contributed by atoms with Crippen LogP contribution in [0, 0.1) is 5.41 Å². The highest BCUT2D eigenvalue weighted by atomic mass is 32.2. The van der Waals surface area contributed by atoms with Crippen molar-refractivity contribution in [3.63, 3.8) is 0 Å². The van der Waals surface area contributed by atoms with Gasteiger partial charge in [-0.15, -0.1) is 0 Å². The molecular formula is C15H30N2O3S. The third-order valence-corrected chi connectivity index (χ3v) is 5.97. The van der Waals surface area contributed by atoms with Gasteiger partial charge < -0.3 is 15.7 Å². The lowest BCUT2D eigenvalue weighted by Gasteiger charge is -2.32. The Labute approximate surface area is 130 Å². The molecule has 0 bridgehead atoms. The van der Waals surface area contributed by atoms with E-state index >= 15 is 0 Å². The molecule has 0 saturated heterocycles. The molecule has 1 saturated carbocycles. The lowest BCUT2D eigenvalue weighted by Crippen LogP contribution is -2.51. The number of hydrogen-bond donors (Lipinski definition) is 3. The maximum atomic E-state index is 12.1. The zero-order valence-corrected chi connectivity index (χ0v) is 14.3. The predicted molar refractivity (Wildman–Crippen MR) is 86.7 cm³/mol. The zero-order valence-electron chi connectivity index (χ0n) is 13.5. The summed E-state index contributed by atoms with van der Waals surface area (Å²) in [6.07, 6.45) is 4.67. The maximum Gasteiger partial charge on any atom is 0.315 e. The molecule has 5 nitrogen and oxygen atoms in total. The van der Waals surface area contributed by atoms with Gasteiger partial charge in [0.15, 0.2) is 0 Å². The molecule has 1 rings (SSSR count). The molecule has 1 aliphatic rings. The zero-order chi connectivity index (χ0) is 15.9. The number of hydrogen-bond acceptors (Lipinski definition) is 3. The Balaban J connectivity index is 2.46. The average Bonchev–Trinajstić information content (AvgIpc) is 2.45. The van der Waals surface area contributed by atoms with Crippen molar-refractivity contribution in [1.29, 1.82) is 0 Å². The first kappa shape index (κ1) is 18.4. The van der Waals surface area contributed by atoms with Crippen molar-refractivity contribution in [3.05, 3.63) is 0 Å². The Bertz CT molecular complexity index is 361. The summed E-state index contributed by atoms with van der Waals surface area (Å²) < 4.78 is 12.1. The van der Waals surface area contributed by atoms with Gasteiger partial charge in [0.2, 0.25) is 0 Å². The van der Waals surface area contributed by atoms with Crippen molar-refractivity contribution in [3.8, 4) is 0 Å². The van der Waals surface area contributed by atoms with Crippen molar-refractivity contribution in [2.75, 3.05) is 18.9 Å². The molecule has 3 N–H and O–H groups in total. The van der Waals surface area contributed by atoms with Crippen molar-refractivity contribution in [2.45, 2.75) is 64.2 Å². The van der Waals surface area contributed by atoms with Gasteiger partial charge in [-0.25, -0.2) is 4.79 Å². The molecule has 2 amide bonds. The van der Waals surface area contributed by atoms with Gasteiger partial charge in [0.1, 0.15) is 0 Å². The van der Waals surface area contributed by atoms with E-state index in [1.54, 1.807) is 0 Å². The largest absolute Gasteiger partial charge is 0.396 e. The van der Waals surface area contributed by atoms with Crippen LogP contribution in [-0.2, 0) is 10.8 Å². The first-order valence-corrected chi connectivity index (χ1v) is 9.30. The molecular weight excluding hydrogens is 288 g/mol. The van der Waals surface area contributed by atoms with Gasteiger partial charge in [0.25, 0.3) is 0 Å². The first-order chi connectivity index (χ1) is 9.89. The fourth-order valence-corrected chi connectivity index (χ4v) is 4.15. The third-order valence-electron chi connectivity index (χ3n) is 4.16. The van der Waals surface area contributed by atoms with E-state index in [0.717, 1.165) is 25.7 Å². The maximum absolute atomic E-state index is 12.1. The van der Waals surface area contributed by atoms with E-state index in [9.17, 15) is 9.00 Å². The number of rotatable bonds is 7. The molecule has 124 valence electrons. The van der Waals surface area contributed by atoms with E-state index in [1.807, 2.05) is 20.8 Å². The predicted octanol–water partition coefficient (Wildman–Crippen LogP) is 1.77. The highest BCUT2D eigenvalue weighted by Crippen LogP contribution is 2.23. The third kappa shape index (κ3) is 6.34. The van der Waals surface area contributed by atoms with Crippen LogP contribution in [0.25, 0.3) is 0 Å². The highest BCUT2D eigenvalue weighted by Gasteiger charge is 2.30. The van der Waals surface area contributed by atoms with Gasteiger partial charge in [-0.2, -0.15) is 0 Å². The van der Waals surface area contributed by atoms with Gasteiger partial charge >= 0.3 is 6.03 Å². The molecule has 1 aliphatic carbocycles. The van der Waals surface area contributed by atoms with Crippen LogP contribution < -0.4 is 10.6 Å². The van der Waals surface area contributed by atoms with Crippen LogP contribution in [-0.4, -0.2) is 45.5 Å². The van der Waals surface area contributed by atoms with E-state index in [0.29, 0.717) is 18.7 Å². The molecule has 6 heteroatoms. The minimum Gasteiger partial charge on any atom is -0.396 e.